The van der Waals surface area contributed by atoms with Crippen molar-refractivity contribution in [2.24, 2.45) is 11.8 Å². The summed E-state index contributed by atoms with van der Waals surface area (Å²) in [6.07, 6.45) is 8.66. The lowest BCUT2D eigenvalue weighted by Crippen LogP contribution is -2.05. The van der Waals surface area contributed by atoms with Crippen molar-refractivity contribution in [1.82, 2.24) is 0 Å². The minimum absolute atomic E-state index is 0.214. The van der Waals surface area contributed by atoms with Crippen molar-refractivity contribution in [3.8, 4) is 0 Å². The highest BCUT2D eigenvalue weighted by Crippen LogP contribution is 2.48. The highest BCUT2D eigenvalue weighted by Gasteiger charge is 2.35. The van der Waals surface area contributed by atoms with Crippen molar-refractivity contribution in [3.63, 3.8) is 0 Å². The Bertz CT molecular complexity index is 453. The maximum absolute atomic E-state index is 11.7. The maximum Gasteiger partial charge on any atom is 0.338 e. The Hall–Kier alpha value is -1.57. The molecule has 0 aliphatic heterocycles. The van der Waals surface area contributed by atoms with Gasteiger partial charge in [-0.2, -0.15) is 0 Å². The van der Waals surface area contributed by atoms with Crippen LogP contribution >= 0.6 is 0 Å². The molecule has 2 fully saturated rings. The van der Waals surface area contributed by atoms with E-state index >= 15 is 0 Å². The molecule has 0 amide bonds. The molecule has 2 aliphatic rings. The Balaban J connectivity index is 1.45. The van der Waals surface area contributed by atoms with E-state index in [4.69, 9.17) is 4.74 Å². The number of hydrogen-bond acceptors (Lipinski definition) is 2. The third-order valence-electron chi connectivity index (χ3n) is 3.84. The summed E-state index contributed by atoms with van der Waals surface area (Å²) in [6, 6.07) is 9.19. The molecule has 2 heteroatoms. The van der Waals surface area contributed by atoms with Gasteiger partial charge < -0.3 is 4.74 Å². The standard InChI is InChI=1S/C17H20O2/c18-17(15-5-2-1-3-6-15)19-12-4-7-16(13-8-9-13)14-10-11-14/h1-3,5-7,13-14H,4,8-12H2. The fourth-order valence-electron chi connectivity index (χ4n) is 2.53. The highest BCUT2D eigenvalue weighted by atomic mass is 16.5. The number of esters is 1. The van der Waals surface area contributed by atoms with Crippen molar-refractivity contribution in [2.75, 3.05) is 6.61 Å². The predicted molar refractivity (Wildman–Crippen MR) is 74.9 cm³/mol. The van der Waals surface area contributed by atoms with Crippen LogP contribution in [-0.2, 0) is 4.74 Å². The normalized spacial score (nSPS) is 17.9. The summed E-state index contributed by atoms with van der Waals surface area (Å²) in [5.41, 5.74) is 2.28. The third-order valence-corrected chi connectivity index (χ3v) is 3.84. The Morgan fingerprint density at radius 1 is 1.11 bits per heavy atom. The van der Waals surface area contributed by atoms with E-state index in [2.05, 4.69) is 6.08 Å². The first-order valence-electron chi connectivity index (χ1n) is 7.26. The first-order valence-corrected chi connectivity index (χ1v) is 7.26. The summed E-state index contributed by atoms with van der Waals surface area (Å²) >= 11 is 0. The van der Waals surface area contributed by atoms with E-state index in [1.807, 2.05) is 18.2 Å². The zero-order valence-corrected chi connectivity index (χ0v) is 11.2. The van der Waals surface area contributed by atoms with E-state index in [0.29, 0.717) is 12.2 Å². The fourth-order valence-corrected chi connectivity index (χ4v) is 2.53. The van der Waals surface area contributed by atoms with Gasteiger partial charge in [-0.3, -0.25) is 0 Å². The number of rotatable bonds is 6. The molecule has 2 aliphatic carbocycles. The number of benzene rings is 1. The molecule has 0 bridgehead atoms. The van der Waals surface area contributed by atoms with Crippen LogP contribution in [0.1, 0.15) is 42.5 Å². The van der Waals surface area contributed by atoms with E-state index in [0.717, 1.165) is 18.3 Å². The molecule has 0 unspecified atom stereocenters. The molecule has 0 heterocycles. The van der Waals surface area contributed by atoms with Gasteiger partial charge in [-0.05, 0) is 56.1 Å². The number of ether oxygens (including phenoxy) is 1. The lowest BCUT2D eigenvalue weighted by Gasteiger charge is -2.05. The molecule has 0 atom stereocenters. The van der Waals surface area contributed by atoms with Gasteiger partial charge in [0.1, 0.15) is 0 Å². The van der Waals surface area contributed by atoms with E-state index in [9.17, 15) is 4.79 Å². The Kier molecular flexibility index (Phi) is 3.67. The third kappa shape index (κ3) is 3.46. The average molecular weight is 256 g/mol. The van der Waals surface area contributed by atoms with Crippen molar-refractivity contribution in [3.05, 3.63) is 47.5 Å². The van der Waals surface area contributed by atoms with Crippen molar-refractivity contribution in [1.29, 1.82) is 0 Å². The Morgan fingerprint density at radius 3 is 2.32 bits per heavy atom. The molecule has 0 spiro atoms. The summed E-state index contributed by atoms with van der Waals surface area (Å²) in [5.74, 6) is 1.50. The van der Waals surface area contributed by atoms with E-state index in [-0.39, 0.29) is 5.97 Å². The van der Waals surface area contributed by atoms with Gasteiger partial charge in [0.15, 0.2) is 0 Å². The SMILES string of the molecule is O=C(OCCC=C(C1CC1)C1CC1)c1ccccc1. The molecule has 100 valence electrons. The second kappa shape index (κ2) is 5.60. The smallest absolute Gasteiger partial charge is 0.338 e. The molecule has 0 aromatic heterocycles. The first kappa shape index (κ1) is 12.5. The van der Waals surface area contributed by atoms with Gasteiger partial charge in [0.2, 0.25) is 0 Å². The van der Waals surface area contributed by atoms with E-state index in [1.165, 1.54) is 25.7 Å². The van der Waals surface area contributed by atoms with Crippen LogP contribution in [0.5, 0.6) is 0 Å². The molecule has 3 rings (SSSR count). The molecule has 0 radical (unpaired) electrons. The Labute approximate surface area is 114 Å². The van der Waals surface area contributed by atoms with Gasteiger partial charge in [0.25, 0.3) is 0 Å². The van der Waals surface area contributed by atoms with Gasteiger partial charge in [0.05, 0.1) is 12.2 Å². The number of allylic oxidation sites excluding steroid dienone is 1. The first-order chi connectivity index (χ1) is 9.34. The summed E-state index contributed by atoms with van der Waals surface area (Å²) < 4.78 is 5.30. The largest absolute Gasteiger partial charge is 0.462 e. The van der Waals surface area contributed by atoms with Crippen molar-refractivity contribution >= 4 is 5.97 Å². The molecular weight excluding hydrogens is 236 g/mol. The average Bonchev–Trinajstić information content (AvgIpc) is 3.32. The second-order valence-electron chi connectivity index (χ2n) is 5.54. The van der Waals surface area contributed by atoms with Crippen LogP contribution in [0, 0.1) is 11.8 Å². The summed E-state index contributed by atoms with van der Waals surface area (Å²) in [7, 11) is 0. The second-order valence-corrected chi connectivity index (χ2v) is 5.54. The summed E-state index contributed by atoms with van der Waals surface area (Å²) in [6.45, 7) is 0.497. The number of carbonyl (C=O) groups excluding carboxylic acids is 1. The van der Waals surface area contributed by atoms with Crippen LogP contribution in [-0.4, -0.2) is 12.6 Å². The number of carbonyl (C=O) groups is 1. The minimum Gasteiger partial charge on any atom is -0.462 e. The van der Waals surface area contributed by atoms with Crippen molar-refractivity contribution < 1.29 is 9.53 Å². The van der Waals surface area contributed by atoms with Crippen LogP contribution in [0.4, 0.5) is 0 Å². The quantitative estimate of drug-likeness (QED) is 0.437. The molecule has 0 N–H and O–H groups in total. The van der Waals surface area contributed by atoms with E-state index in [1.54, 1.807) is 17.7 Å². The lowest BCUT2D eigenvalue weighted by molar-refractivity contribution is 0.0511. The Morgan fingerprint density at radius 2 is 1.74 bits per heavy atom. The van der Waals surface area contributed by atoms with Crippen LogP contribution in [0.3, 0.4) is 0 Å². The van der Waals surface area contributed by atoms with Gasteiger partial charge in [-0.15, -0.1) is 0 Å². The van der Waals surface area contributed by atoms with Crippen LogP contribution < -0.4 is 0 Å². The zero-order valence-electron chi connectivity index (χ0n) is 11.2. The number of hydrogen-bond donors (Lipinski definition) is 0. The van der Waals surface area contributed by atoms with Gasteiger partial charge in [-0.25, -0.2) is 4.79 Å². The minimum atomic E-state index is -0.214. The van der Waals surface area contributed by atoms with Crippen LogP contribution in [0.15, 0.2) is 42.0 Å². The summed E-state index contributed by atoms with van der Waals surface area (Å²) in [5, 5.41) is 0. The molecular formula is C17H20O2. The van der Waals surface area contributed by atoms with E-state index < -0.39 is 0 Å². The molecule has 2 saturated carbocycles. The molecule has 1 aromatic carbocycles. The highest BCUT2D eigenvalue weighted by molar-refractivity contribution is 5.89. The zero-order chi connectivity index (χ0) is 13.1. The summed E-state index contributed by atoms with van der Waals surface area (Å²) in [4.78, 5) is 11.7. The molecule has 2 nitrogen and oxygen atoms in total. The molecule has 19 heavy (non-hydrogen) atoms. The lowest BCUT2D eigenvalue weighted by atomic mass is 10.1. The maximum atomic E-state index is 11.7. The van der Waals surface area contributed by atoms with Gasteiger partial charge in [0, 0.05) is 0 Å². The molecule has 1 aromatic rings. The van der Waals surface area contributed by atoms with Crippen LogP contribution in [0.2, 0.25) is 0 Å². The van der Waals surface area contributed by atoms with Gasteiger partial charge >= 0.3 is 5.97 Å². The molecule has 0 saturated heterocycles. The topological polar surface area (TPSA) is 26.3 Å². The fraction of sp³-hybridized carbons (Fsp3) is 0.471. The van der Waals surface area contributed by atoms with Gasteiger partial charge in [-0.1, -0.05) is 29.8 Å². The van der Waals surface area contributed by atoms with Crippen molar-refractivity contribution in [2.45, 2.75) is 32.1 Å². The van der Waals surface area contributed by atoms with Crippen LogP contribution in [0.25, 0.3) is 0 Å². The predicted octanol–water partition coefficient (Wildman–Crippen LogP) is 3.98. The monoisotopic (exact) mass is 256 g/mol.